The largest absolute Gasteiger partial charge is 0.328 e. The summed E-state index contributed by atoms with van der Waals surface area (Å²) in [6.45, 7) is 0. The molecule has 0 atom stereocenters. The lowest BCUT2D eigenvalue weighted by Crippen LogP contribution is -2.32. The standard InChI is InChI=1S/C13H15BrClFN2O/c14-10-5-8(16)6-11(15)12(10)18-13(19)7-1-3-9(17)4-2-7/h5-7,9H,1-4,17H2,(H,18,19). The maximum Gasteiger partial charge on any atom is 0.227 e. The summed E-state index contributed by atoms with van der Waals surface area (Å²) in [5.41, 5.74) is 6.23. The van der Waals surface area contributed by atoms with Crippen molar-refractivity contribution < 1.29 is 9.18 Å². The lowest BCUT2D eigenvalue weighted by Gasteiger charge is -2.25. The number of rotatable bonds is 2. The third-order valence-electron chi connectivity index (χ3n) is 3.40. The minimum atomic E-state index is -0.446. The number of benzene rings is 1. The third kappa shape index (κ3) is 3.68. The zero-order valence-corrected chi connectivity index (χ0v) is 12.6. The molecule has 2 rings (SSSR count). The predicted molar refractivity (Wildman–Crippen MR) is 77.7 cm³/mol. The molecule has 0 aliphatic heterocycles. The number of carbonyl (C=O) groups excluding carboxylic acids is 1. The van der Waals surface area contributed by atoms with Crippen LogP contribution >= 0.6 is 27.5 Å². The molecular weight excluding hydrogens is 335 g/mol. The number of nitrogens with two attached hydrogens (primary N) is 1. The van der Waals surface area contributed by atoms with Crippen molar-refractivity contribution in [3.8, 4) is 0 Å². The zero-order valence-electron chi connectivity index (χ0n) is 10.3. The van der Waals surface area contributed by atoms with Crippen molar-refractivity contribution in [1.29, 1.82) is 0 Å². The predicted octanol–water partition coefficient (Wildman–Crippen LogP) is 3.70. The number of carbonyl (C=O) groups is 1. The first-order chi connectivity index (χ1) is 8.97. The van der Waals surface area contributed by atoms with Gasteiger partial charge in [0.15, 0.2) is 0 Å². The van der Waals surface area contributed by atoms with Gasteiger partial charge < -0.3 is 11.1 Å². The van der Waals surface area contributed by atoms with E-state index < -0.39 is 5.82 Å². The lowest BCUT2D eigenvalue weighted by molar-refractivity contribution is -0.120. The molecule has 1 fully saturated rings. The molecule has 0 spiro atoms. The van der Waals surface area contributed by atoms with E-state index in [1.165, 1.54) is 12.1 Å². The molecule has 0 radical (unpaired) electrons. The fraction of sp³-hybridized carbons (Fsp3) is 0.462. The highest BCUT2D eigenvalue weighted by atomic mass is 79.9. The van der Waals surface area contributed by atoms with E-state index in [2.05, 4.69) is 21.2 Å². The van der Waals surface area contributed by atoms with Gasteiger partial charge >= 0.3 is 0 Å². The normalized spacial score (nSPS) is 23.2. The summed E-state index contributed by atoms with van der Waals surface area (Å²) in [5, 5.41) is 2.95. The maximum atomic E-state index is 13.1. The Hall–Kier alpha value is -0.650. The van der Waals surface area contributed by atoms with E-state index in [0.29, 0.717) is 10.2 Å². The summed E-state index contributed by atoms with van der Waals surface area (Å²) in [5.74, 6) is -0.576. The van der Waals surface area contributed by atoms with Gasteiger partial charge in [-0.1, -0.05) is 11.6 Å². The SMILES string of the molecule is NC1CCC(C(=O)Nc2c(Cl)cc(F)cc2Br)CC1. The monoisotopic (exact) mass is 348 g/mol. The van der Waals surface area contributed by atoms with Gasteiger partial charge in [-0.3, -0.25) is 4.79 Å². The molecule has 19 heavy (non-hydrogen) atoms. The minimum Gasteiger partial charge on any atom is -0.328 e. The van der Waals surface area contributed by atoms with E-state index in [1.54, 1.807) is 0 Å². The smallest absolute Gasteiger partial charge is 0.227 e. The van der Waals surface area contributed by atoms with Gasteiger partial charge in [0.25, 0.3) is 0 Å². The van der Waals surface area contributed by atoms with Gasteiger partial charge in [-0.25, -0.2) is 4.39 Å². The van der Waals surface area contributed by atoms with Crippen molar-refractivity contribution >= 4 is 39.1 Å². The highest BCUT2D eigenvalue weighted by Gasteiger charge is 2.25. The Kier molecular flexibility index (Phi) is 4.81. The van der Waals surface area contributed by atoms with E-state index in [4.69, 9.17) is 17.3 Å². The Morgan fingerprint density at radius 2 is 2.00 bits per heavy atom. The second-order valence-electron chi connectivity index (χ2n) is 4.85. The van der Waals surface area contributed by atoms with Gasteiger partial charge in [0.05, 0.1) is 10.7 Å². The van der Waals surface area contributed by atoms with E-state index in [9.17, 15) is 9.18 Å². The first-order valence-electron chi connectivity index (χ1n) is 6.18. The number of hydrogen-bond donors (Lipinski definition) is 2. The molecule has 1 amide bonds. The molecule has 1 aromatic rings. The van der Waals surface area contributed by atoms with Crippen LogP contribution in [0.15, 0.2) is 16.6 Å². The Balaban J connectivity index is 2.07. The molecule has 104 valence electrons. The molecule has 6 heteroatoms. The Morgan fingerprint density at radius 3 is 2.58 bits per heavy atom. The van der Waals surface area contributed by atoms with Gasteiger partial charge in [0.1, 0.15) is 5.82 Å². The fourth-order valence-corrected chi connectivity index (χ4v) is 3.17. The summed E-state index contributed by atoms with van der Waals surface area (Å²) in [6.07, 6.45) is 3.28. The molecule has 1 saturated carbocycles. The molecule has 1 aliphatic rings. The van der Waals surface area contributed by atoms with Crippen LogP contribution in [0.2, 0.25) is 5.02 Å². The van der Waals surface area contributed by atoms with E-state index in [-0.39, 0.29) is 22.9 Å². The van der Waals surface area contributed by atoms with E-state index >= 15 is 0 Å². The lowest BCUT2D eigenvalue weighted by atomic mass is 9.86. The highest BCUT2D eigenvalue weighted by Crippen LogP contribution is 2.33. The topological polar surface area (TPSA) is 55.1 Å². The van der Waals surface area contributed by atoms with Crippen LogP contribution in [0.3, 0.4) is 0 Å². The number of amides is 1. The van der Waals surface area contributed by atoms with Crippen molar-refractivity contribution in [2.45, 2.75) is 31.7 Å². The van der Waals surface area contributed by atoms with Gasteiger partial charge in [-0.2, -0.15) is 0 Å². The summed E-state index contributed by atoms with van der Waals surface area (Å²) >= 11 is 9.14. The molecule has 1 aromatic carbocycles. The quantitative estimate of drug-likeness (QED) is 0.855. The van der Waals surface area contributed by atoms with Gasteiger partial charge in [0.2, 0.25) is 5.91 Å². The van der Waals surface area contributed by atoms with E-state index in [1.807, 2.05) is 0 Å². The first-order valence-corrected chi connectivity index (χ1v) is 7.35. The first kappa shape index (κ1) is 14.8. The van der Waals surface area contributed by atoms with E-state index in [0.717, 1.165) is 25.7 Å². The summed E-state index contributed by atoms with van der Waals surface area (Å²) in [7, 11) is 0. The molecule has 0 bridgehead atoms. The highest BCUT2D eigenvalue weighted by molar-refractivity contribution is 9.10. The van der Waals surface area contributed by atoms with Crippen LogP contribution in [-0.2, 0) is 4.79 Å². The number of nitrogens with one attached hydrogen (secondary N) is 1. The second kappa shape index (κ2) is 6.20. The average molecular weight is 350 g/mol. The summed E-state index contributed by atoms with van der Waals surface area (Å²) in [6, 6.07) is 2.65. The summed E-state index contributed by atoms with van der Waals surface area (Å²) in [4.78, 5) is 12.1. The Morgan fingerprint density at radius 1 is 1.37 bits per heavy atom. The molecule has 3 N–H and O–H groups in total. The molecule has 0 saturated heterocycles. The fourth-order valence-electron chi connectivity index (χ4n) is 2.27. The van der Waals surface area contributed by atoms with Crippen LogP contribution in [0.1, 0.15) is 25.7 Å². The average Bonchev–Trinajstić information content (AvgIpc) is 2.34. The number of anilines is 1. The molecule has 0 unspecified atom stereocenters. The summed E-state index contributed by atoms with van der Waals surface area (Å²) < 4.78 is 13.5. The van der Waals surface area contributed by atoms with Crippen molar-refractivity contribution in [3.63, 3.8) is 0 Å². The Bertz CT molecular complexity index is 467. The van der Waals surface area contributed by atoms with Crippen molar-refractivity contribution in [2.24, 2.45) is 11.7 Å². The zero-order chi connectivity index (χ0) is 14.0. The van der Waals surface area contributed by atoms with Gasteiger partial charge in [-0.05, 0) is 53.7 Å². The van der Waals surface area contributed by atoms with Crippen LogP contribution in [0.25, 0.3) is 0 Å². The maximum absolute atomic E-state index is 13.1. The van der Waals surface area contributed by atoms with Gasteiger partial charge in [-0.15, -0.1) is 0 Å². The van der Waals surface area contributed by atoms with Gasteiger partial charge in [0, 0.05) is 16.4 Å². The molecule has 0 aromatic heterocycles. The van der Waals surface area contributed by atoms with Crippen molar-refractivity contribution in [3.05, 3.63) is 27.4 Å². The van der Waals surface area contributed by atoms with Crippen LogP contribution < -0.4 is 11.1 Å². The van der Waals surface area contributed by atoms with Crippen LogP contribution in [-0.4, -0.2) is 11.9 Å². The number of halogens is 3. The molecule has 3 nitrogen and oxygen atoms in total. The van der Waals surface area contributed by atoms with Crippen LogP contribution in [0.4, 0.5) is 10.1 Å². The molecule has 0 heterocycles. The molecular formula is C13H15BrClFN2O. The number of hydrogen-bond acceptors (Lipinski definition) is 2. The minimum absolute atomic E-state index is 0.0483. The van der Waals surface area contributed by atoms with Crippen LogP contribution in [0, 0.1) is 11.7 Å². The third-order valence-corrected chi connectivity index (χ3v) is 4.32. The van der Waals surface area contributed by atoms with Crippen molar-refractivity contribution in [2.75, 3.05) is 5.32 Å². The Labute approximate surface area is 124 Å². The van der Waals surface area contributed by atoms with Crippen LogP contribution in [0.5, 0.6) is 0 Å². The van der Waals surface area contributed by atoms with Crippen molar-refractivity contribution in [1.82, 2.24) is 0 Å². The molecule has 1 aliphatic carbocycles. The second-order valence-corrected chi connectivity index (χ2v) is 6.11.